The maximum atomic E-state index is 6.19. The second kappa shape index (κ2) is 7.39. The average Bonchev–Trinajstić information content (AvgIpc) is 3.40. The van der Waals surface area contributed by atoms with Crippen LogP contribution in [0.1, 0.15) is 11.1 Å². The lowest BCUT2D eigenvalue weighted by molar-refractivity contribution is 0.790. The summed E-state index contributed by atoms with van der Waals surface area (Å²) in [6.45, 7) is 1.66. The molecule has 1 aromatic heterocycles. The Morgan fingerprint density at radius 3 is 2.55 bits per heavy atom. The predicted octanol–water partition coefficient (Wildman–Crippen LogP) is 5.23. The molecule has 1 aliphatic heterocycles. The Labute approximate surface area is 177 Å². The number of nitrogens with one attached hydrogen (secondary N) is 1. The first-order valence-corrected chi connectivity index (χ1v) is 9.84. The van der Waals surface area contributed by atoms with Crippen molar-refractivity contribution < 1.29 is 0 Å². The number of rotatable bonds is 4. The molecule has 0 atom stereocenters. The quantitative estimate of drug-likeness (QED) is 0.487. The molecule has 0 aliphatic carbocycles. The maximum absolute atomic E-state index is 6.19. The summed E-state index contributed by atoms with van der Waals surface area (Å²) < 4.78 is 1.64. The number of fused-ring (bicyclic) bond motifs is 1. The minimum atomic E-state index is 0.569. The number of tetrazole rings is 1. The molecule has 29 heavy (non-hydrogen) atoms. The van der Waals surface area contributed by atoms with Crippen molar-refractivity contribution in [1.29, 1.82) is 0 Å². The van der Waals surface area contributed by atoms with Gasteiger partial charge in [-0.15, -0.1) is 5.10 Å². The SMILES string of the molecule is Clc1ccc(N2Cc3ccc(Nc4ccccc4-n4cnnn4)cc3C2)cc1Cl. The molecule has 6 nitrogen and oxygen atoms in total. The van der Waals surface area contributed by atoms with Crippen LogP contribution in [0.15, 0.2) is 67.0 Å². The van der Waals surface area contributed by atoms with E-state index in [1.165, 1.54) is 11.1 Å². The fourth-order valence-corrected chi connectivity index (χ4v) is 3.84. The van der Waals surface area contributed by atoms with Crippen LogP contribution in [0.25, 0.3) is 5.69 Å². The van der Waals surface area contributed by atoms with Gasteiger partial charge in [0.25, 0.3) is 0 Å². The van der Waals surface area contributed by atoms with E-state index in [0.717, 1.165) is 35.8 Å². The zero-order chi connectivity index (χ0) is 19.8. The molecular weight excluding hydrogens is 407 g/mol. The Hall–Kier alpha value is -3.09. The highest BCUT2D eigenvalue weighted by molar-refractivity contribution is 6.42. The lowest BCUT2D eigenvalue weighted by Crippen LogP contribution is -2.14. The lowest BCUT2D eigenvalue weighted by atomic mass is 10.1. The van der Waals surface area contributed by atoms with Gasteiger partial charge in [0.1, 0.15) is 6.33 Å². The van der Waals surface area contributed by atoms with E-state index in [1.54, 1.807) is 11.0 Å². The highest BCUT2D eigenvalue weighted by Crippen LogP contribution is 2.34. The third-order valence-corrected chi connectivity index (χ3v) is 5.71. The number of benzene rings is 3. The number of nitrogens with zero attached hydrogens (tertiary/aromatic N) is 5. The van der Waals surface area contributed by atoms with Gasteiger partial charge < -0.3 is 10.2 Å². The van der Waals surface area contributed by atoms with Crippen LogP contribution >= 0.6 is 23.2 Å². The van der Waals surface area contributed by atoms with E-state index in [2.05, 4.69) is 43.9 Å². The summed E-state index contributed by atoms with van der Waals surface area (Å²) in [6, 6.07) is 20.1. The molecular formula is C21H16Cl2N6. The lowest BCUT2D eigenvalue weighted by Gasteiger charge is -2.18. The first kappa shape index (κ1) is 18.0. The van der Waals surface area contributed by atoms with Crippen molar-refractivity contribution in [2.75, 3.05) is 10.2 Å². The molecule has 0 saturated carbocycles. The molecule has 0 spiro atoms. The Bertz CT molecular complexity index is 1180. The van der Waals surface area contributed by atoms with E-state index in [9.17, 15) is 0 Å². The van der Waals surface area contributed by atoms with Crippen LogP contribution in [-0.4, -0.2) is 20.2 Å². The zero-order valence-corrected chi connectivity index (χ0v) is 16.8. The molecule has 4 aromatic rings. The molecule has 144 valence electrons. The second-order valence-electron chi connectivity index (χ2n) is 6.83. The van der Waals surface area contributed by atoms with E-state index in [-0.39, 0.29) is 0 Å². The molecule has 0 bridgehead atoms. The summed E-state index contributed by atoms with van der Waals surface area (Å²) in [5.74, 6) is 0. The van der Waals surface area contributed by atoms with E-state index in [1.807, 2.05) is 42.5 Å². The minimum absolute atomic E-state index is 0.569. The second-order valence-corrected chi connectivity index (χ2v) is 7.65. The zero-order valence-electron chi connectivity index (χ0n) is 15.3. The Morgan fingerprint density at radius 2 is 1.72 bits per heavy atom. The number of aromatic nitrogens is 4. The number of hydrogen-bond donors (Lipinski definition) is 1. The van der Waals surface area contributed by atoms with Crippen LogP contribution < -0.4 is 10.2 Å². The monoisotopic (exact) mass is 422 g/mol. The molecule has 5 rings (SSSR count). The molecule has 2 heterocycles. The van der Waals surface area contributed by atoms with E-state index < -0.39 is 0 Å². The van der Waals surface area contributed by atoms with Gasteiger partial charge in [-0.2, -0.15) is 4.68 Å². The molecule has 0 fully saturated rings. The van der Waals surface area contributed by atoms with Gasteiger partial charge in [-0.3, -0.25) is 0 Å². The number of anilines is 3. The van der Waals surface area contributed by atoms with Crippen LogP contribution in [0.3, 0.4) is 0 Å². The van der Waals surface area contributed by atoms with E-state index in [0.29, 0.717) is 10.0 Å². The Kier molecular flexibility index (Phi) is 4.58. The van der Waals surface area contributed by atoms with Gasteiger partial charge in [0.15, 0.2) is 0 Å². The van der Waals surface area contributed by atoms with Crippen LogP contribution in [0.5, 0.6) is 0 Å². The third-order valence-electron chi connectivity index (χ3n) is 4.98. The fraction of sp³-hybridized carbons (Fsp3) is 0.0952. The van der Waals surface area contributed by atoms with E-state index in [4.69, 9.17) is 23.2 Å². The van der Waals surface area contributed by atoms with Crippen LogP contribution in [0.2, 0.25) is 10.0 Å². The van der Waals surface area contributed by atoms with Crippen molar-refractivity contribution in [3.8, 4) is 5.69 Å². The van der Waals surface area contributed by atoms with Crippen molar-refractivity contribution in [2.24, 2.45) is 0 Å². The number of hydrogen-bond acceptors (Lipinski definition) is 5. The molecule has 0 unspecified atom stereocenters. The predicted molar refractivity (Wildman–Crippen MR) is 115 cm³/mol. The van der Waals surface area contributed by atoms with Gasteiger partial charge >= 0.3 is 0 Å². The topological polar surface area (TPSA) is 58.9 Å². The Balaban J connectivity index is 1.39. The van der Waals surface area contributed by atoms with Crippen LogP contribution in [0, 0.1) is 0 Å². The highest BCUT2D eigenvalue weighted by Gasteiger charge is 2.20. The van der Waals surface area contributed by atoms with Crippen molar-refractivity contribution in [3.63, 3.8) is 0 Å². The summed E-state index contributed by atoms with van der Waals surface area (Å²) in [4.78, 5) is 2.28. The van der Waals surface area contributed by atoms with Crippen LogP contribution in [0.4, 0.5) is 17.1 Å². The maximum Gasteiger partial charge on any atom is 0.143 e. The van der Waals surface area contributed by atoms with Gasteiger partial charge in [-0.05, 0) is 64.0 Å². The molecule has 3 aromatic carbocycles. The average molecular weight is 423 g/mol. The number of para-hydroxylation sites is 2. The van der Waals surface area contributed by atoms with Crippen molar-refractivity contribution in [1.82, 2.24) is 20.2 Å². The largest absolute Gasteiger partial charge is 0.363 e. The summed E-state index contributed by atoms with van der Waals surface area (Å²) in [6.07, 6.45) is 1.58. The molecule has 0 amide bonds. The molecule has 0 radical (unpaired) electrons. The molecule has 1 aliphatic rings. The minimum Gasteiger partial charge on any atom is -0.363 e. The van der Waals surface area contributed by atoms with Gasteiger partial charge in [-0.25, -0.2) is 0 Å². The van der Waals surface area contributed by atoms with Crippen molar-refractivity contribution in [2.45, 2.75) is 13.1 Å². The normalized spacial score (nSPS) is 12.8. The van der Waals surface area contributed by atoms with Crippen LogP contribution in [-0.2, 0) is 13.1 Å². The highest BCUT2D eigenvalue weighted by atomic mass is 35.5. The van der Waals surface area contributed by atoms with Gasteiger partial charge in [0.05, 0.1) is 21.4 Å². The van der Waals surface area contributed by atoms with Gasteiger partial charge in [0.2, 0.25) is 0 Å². The number of halogens is 2. The molecule has 0 saturated heterocycles. The van der Waals surface area contributed by atoms with E-state index >= 15 is 0 Å². The summed E-state index contributed by atoms with van der Waals surface area (Å²) in [5.41, 5.74) is 6.47. The molecule has 1 N–H and O–H groups in total. The third kappa shape index (κ3) is 3.52. The Morgan fingerprint density at radius 1 is 0.862 bits per heavy atom. The first-order chi connectivity index (χ1) is 14.2. The first-order valence-electron chi connectivity index (χ1n) is 9.08. The fourth-order valence-electron chi connectivity index (χ4n) is 3.54. The van der Waals surface area contributed by atoms with Crippen molar-refractivity contribution in [3.05, 3.63) is 88.2 Å². The molecule has 8 heteroatoms. The summed E-state index contributed by atoms with van der Waals surface area (Å²) >= 11 is 12.2. The standard InChI is InChI=1S/C21H16Cl2N6/c22-18-8-7-17(10-19(18)23)28-11-14-5-6-16(9-15(14)12-28)25-20-3-1-2-4-21(20)29-13-24-26-27-29/h1-10,13,25H,11-12H2. The van der Waals surface area contributed by atoms with Gasteiger partial charge in [0, 0.05) is 24.5 Å². The smallest absolute Gasteiger partial charge is 0.143 e. The van der Waals surface area contributed by atoms with Crippen molar-refractivity contribution >= 4 is 40.3 Å². The summed E-state index contributed by atoms with van der Waals surface area (Å²) in [7, 11) is 0. The summed E-state index contributed by atoms with van der Waals surface area (Å²) in [5, 5.41) is 16.1. The van der Waals surface area contributed by atoms with Gasteiger partial charge in [-0.1, -0.05) is 41.4 Å².